The number of halogens is 4. The first kappa shape index (κ1) is 19.5. The van der Waals surface area contributed by atoms with Crippen molar-refractivity contribution < 1.29 is 18.0 Å². The number of carbonyl (C=O) groups excluding carboxylic acids is 1. The van der Waals surface area contributed by atoms with E-state index >= 15 is 0 Å². The van der Waals surface area contributed by atoms with Gasteiger partial charge < -0.3 is 10.3 Å². The quantitative estimate of drug-likeness (QED) is 0.427. The first-order valence-corrected chi connectivity index (χ1v) is 9.88. The lowest BCUT2D eigenvalue weighted by molar-refractivity contribution is -0.137. The largest absolute Gasteiger partial charge is 0.417 e. The number of anilines is 1. The summed E-state index contributed by atoms with van der Waals surface area (Å²) in [5.41, 5.74) is 0.646. The summed E-state index contributed by atoms with van der Waals surface area (Å²) in [6.07, 6.45) is -2.40. The van der Waals surface area contributed by atoms with Crippen molar-refractivity contribution >= 4 is 49.1 Å². The molecule has 6 nitrogen and oxygen atoms in total. The van der Waals surface area contributed by atoms with Gasteiger partial charge in [0.2, 0.25) is 5.91 Å². The summed E-state index contributed by atoms with van der Waals surface area (Å²) in [4.78, 5) is 19.4. The number of aromatic nitrogens is 4. The molecule has 4 rings (SSSR count). The molecule has 2 N–H and O–H groups in total. The van der Waals surface area contributed by atoms with E-state index in [2.05, 4.69) is 41.4 Å². The van der Waals surface area contributed by atoms with E-state index in [0.717, 1.165) is 16.7 Å². The van der Waals surface area contributed by atoms with Gasteiger partial charge in [-0.05, 0) is 33.6 Å². The number of H-pyrrole nitrogens is 1. The number of benzene rings is 1. The average Bonchev–Trinajstić information content (AvgIpc) is 3.30. The van der Waals surface area contributed by atoms with Crippen LogP contribution in [0.25, 0.3) is 22.3 Å². The maximum Gasteiger partial charge on any atom is 0.417 e. The van der Waals surface area contributed by atoms with Gasteiger partial charge in [0.1, 0.15) is 11.3 Å². The van der Waals surface area contributed by atoms with Gasteiger partial charge in [-0.15, -0.1) is 21.5 Å². The van der Waals surface area contributed by atoms with Gasteiger partial charge in [0.15, 0.2) is 5.82 Å². The molecule has 0 aliphatic rings. The van der Waals surface area contributed by atoms with Crippen LogP contribution < -0.4 is 5.32 Å². The second-order valence-electron chi connectivity index (χ2n) is 6.06. The van der Waals surface area contributed by atoms with E-state index in [9.17, 15) is 18.0 Å². The number of aromatic amines is 1. The van der Waals surface area contributed by atoms with E-state index in [0.29, 0.717) is 32.9 Å². The highest BCUT2D eigenvalue weighted by atomic mass is 79.9. The molecule has 3 aromatic heterocycles. The predicted molar refractivity (Wildman–Crippen MR) is 106 cm³/mol. The summed E-state index contributed by atoms with van der Waals surface area (Å²) in [6, 6.07) is 5.90. The third-order valence-corrected chi connectivity index (χ3v) is 5.97. The molecule has 0 saturated carbocycles. The molecule has 0 radical (unpaired) electrons. The summed E-state index contributed by atoms with van der Waals surface area (Å²) in [5.74, 6) is 0.114. The molecular weight excluding hydrogens is 471 g/mol. The second-order valence-corrected chi connectivity index (χ2v) is 7.79. The summed E-state index contributed by atoms with van der Waals surface area (Å²) >= 11 is 4.71. The Hall–Kier alpha value is -2.79. The van der Waals surface area contributed by atoms with Gasteiger partial charge in [0.05, 0.1) is 23.1 Å². The monoisotopic (exact) mass is 481 g/mol. The Morgan fingerprint density at radius 3 is 2.86 bits per heavy atom. The lowest BCUT2D eigenvalue weighted by Crippen LogP contribution is -2.14. The summed E-state index contributed by atoms with van der Waals surface area (Å²) in [6.45, 7) is 0. The van der Waals surface area contributed by atoms with Crippen LogP contribution in [0.2, 0.25) is 0 Å². The Morgan fingerprint density at radius 2 is 2.14 bits per heavy atom. The number of hydrogen-bond acceptors (Lipinski definition) is 5. The van der Waals surface area contributed by atoms with Crippen LogP contribution in [-0.2, 0) is 17.4 Å². The number of alkyl halides is 3. The fourth-order valence-electron chi connectivity index (χ4n) is 2.84. The first-order valence-electron chi connectivity index (χ1n) is 8.21. The summed E-state index contributed by atoms with van der Waals surface area (Å²) in [5, 5.41) is 13.1. The number of fused-ring (bicyclic) bond motifs is 1. The topological polar surface area (TPSA) is 83.6 Å². The maximum absolute atomic E-state index is 13.0. The molecular formula is C18H11BrF3N5OS. The van der Waals surface area contributed by atoms with Crippen LogP contribution >= 0.6 is 27.3 Å². The number of pyridine rings is 1. The second kappa shape index (κ2) is 7.56. The van der Waals surface area contributed by atoms with Gasteiger partial charge in [-0.2, -0.15) is 13.2 Å². The lowest BCUT2D eigenvalue weighted by atomic mass is 10.0. The molecule has 29 heavy (non-hydrogen) atoms. The van der Waals surface area contributed by atoms with Gasteiger partial charge >= 0.3 is 6.18 Å². The fraction of sp³-hybridized carbons (Fsp3) is 0.111. The number of hydrogen-bond donors (Lipinski definition) is 2. The molecule has 4 aromatic rings. The van der Waals surface area contributed by atoms with E-state index in [4.69, 9.17) is 0 Å². The minimum Gasteiger partial charge on any atom is -0.327 e. The van der Waals surface area contributed by atoms with Crippen molar-refractivity contribution in [3.05, 3.63) is 57.8 Å². The molecule has 0 spiro atoms. The third kappa shape index (κ3) is 4.01. The SMILES string of the molecule is O=C(Cc1cccc2ncc(C(F)(F)F)cc12)Nc1scc(Br)c1-c1nnc[nH]1. The Bertz CT molecular complexity index is 1190. The van der Waals surface area contributed by atoms with Gasteiger partial charge in [-0.25, -0.2) is 0 Å². The zero-order chi connectivity index (χ0) is 20.6. The first-order chi connectivity index (χ1) is 13.8. The van der Waals surface area contributed by atoms with Crippen molar-refractivity contribution in [1.82, 2.24) is 20.2 Å². The van der Waals surface area contributed by atoms with Crippen molar-refractivity contribution in [1.29, 1.82) is 0 Å². The highest BCUT2D eigenvalue weighted by Crippen LogP contribution is 2.39. The van der Waals surface area contributed by atoms with Crippen molar-refractivity contribution in [3.63, 3.8) is 0 Å². The number of nitrogens with zero attached hydrogens (tertiary/aromatic N) is 3. The summed E-state index contributed by atoms with van der Waals surface area (Å²) in [7, 11) is 0. The number of nitrogens with one attached hydrogen (secondary N) is 2. The van der Waals surface area contributed by atoms with Gasteiger partial charge in [-0.3, -0.25) is 9.78 Å². The predicted octanol–water partition coefficient (Wildman–Crippen LogP) is 5.04. The molecule has 148 valence electrons. The van der Waals surface area contributed by atoms with Crippen LogP contribution in [0.1, 0.15) is 11.1 Å². The van der Waals surface area contributed by atoms with E-state index in [1.807, 2.05) is 0 Å². The average molecular weight is 482 g/mol. The number of thiophene rings is 1. The summed E-state index contributed by atoms with van der Waals surface area (Å²) < 4.78 is 39.9. The molecule has 0 aliphatic heterocycles. The minimum atomic E-state index is -4.51. The zero-order valence-electron chi connectivity index (χ0n) is 14.4. The van der Waals surface area contributed by atoms with Gasteiger partial charge in [0, 0.05) is 21.4 Å². The normalized spacial score (nSPS) is 11.7. The fourth-order valence-corrected chi connectivity index (χ4v) is 4.47. The molecule has 0 fully saturated rings. The maximum atomic E-state index is 13.0. The molecule has 1 aromatic carbocycles. The Balaban J connectivity index is 1.62. The van der Waals surface area contributed by atoms with Gasteiger partial charge in [-0.1, -0.05) is 12.1 Å². The van der Waals surface area contributed by atoms with Crippen molar-refractivity contribution in [3.8, 4) is 11.4 Å². The molecule has 1 amide bonds. The van der Waals surface area contributed by atoms with Crippen molar-refractivity contribution in [2.24, 2.45) is 0 Å². The van der Waals surface area contributed by atoms with E-state index in [1.54, 1.807) is 23.6 Å². The molecule has 0 saturated heterocycles. The third-order valence-electron chi connectivity index (χ3n) is 4.15. The van der Waals surface area contributed by atoms with Crippen molar-refractivity contribution in [2.75, 3.05) is 5.32 Å². The van der Waals surface area contributed by atoms with E-state index in [-0.39, 0.29) is 12.3 Å². The molecule has 0 aliphatic carbocycles. The number of amides is 1. The molecule has 11 heteroatoms. The van der Waals surface area contributed by atoms with Crippen molar-refractivity contribution in [2.45, 2.75) is 12.6 Å². The highest BCUT2D eigenvalue weighted by Gasteiger charge is 2.31. The van der Waals surface area contributed by atoms with Crippen LogP contribution in [0, 0.1) is 0 Å². The molecule has 0 bridgehead atoms. The van der Waals surface area contributed by atoms with Gasteiger partial charge in [0.25, 0.3) is 0 Å². The van der Waals surface area contributed by atoms with E-state index < -0.39 is 11.7 Å². The minimum absolute atomic E-state index is 0.105. The van der Waals surface area contributed by atoms with Crippen LogP contribution in [0.5, 0.6) is 0 Å². The van der Waals surface area contributed by atoms with Crippen LogP contribution in [0.4, 0.5) is 18.2 Å². The van der Waals surface area contributed by atoms with Crippen LogP contribution in [-0.4, -0.2) is 26.1 Å². The smallest absolute Gasteiger partial charge is 0.327 e. The zero-order valence-corrected chi connectivity index (χ0v) is 16.8. The standard InChI is InChI=1S/C18H11BrF3N5OS/c19-12-7-29-17(15(12)16-24-8-25-27-16)26-14(28)4-9-2-1-3-13-11(9)5-10(6-23-13)18(20,21)22/h1-3,5-8H,4H2,(H,26,28)(H,24,25,27). The molecule has 0 atom stereocenters. The van der Waals surface area contributed by atoms with Crippen LogP contribution in [0.15, 0.2) is 46.6 Å². The van der Waals surface area contributed by atoms with Crippen LogP contribution in [0.3, 0.4) is 0 Å². The molecule has 3 heterocycles. The Kier molecular flexibility index (Phi) is 5.09. The molecule has 0 unspecified atom stereocenters. The number of rotatable bonds is 4. The lowest BCUT2D eigenvalue weighted by Gasteiger charge is -2.10. The Morgan fingerprint density at radius 1 is 1.31 bits per heavy atom. The number of carbonyl (C=O) groups is 1. The highest BCUT2D eigenvalue weighted by molar-refractivity contribution is 9.10. The van der Waals surface area contributed by atoms with E-state index in [1.165, 1.54) is 17.7 Å². The Labute approximate surface area is 174 Å².